The van der Waals surface area contributed by atoms with Gasteiger partial charge in [-0.25, -0.2) is 10.1 Å². The van der Waals surface area contributed by atoms with E-state index in [1.54, 1.807) is 11.8 Å². The standard InChI is InChI=1S/C14H17N7S/c1-7-10(8(2)21(19-7)9-3-4-9)6-22-11-5-12(15)16-14-13(11)17-20-18-14/h5,9H,3-4,6H2,1-2H3,(H3,15,16,17,18,20). The molecular formula is C14H17N7S. The number of thioether (sulfide) groups is 1. The summed E-state index contributed by atoms with van der Waals surface area (Å²) in [6, 6.07) is 2.46. The second-order valence-electron chi connectivity index (χ2n) is 5.67. The van der Waals surface area contributed by atoms with E-state index in [0.29, 0.717) is 17.5 Å². The smallest absolute Gasteiger partial charge is 0.179 e. The minimum absolute atomic E-state index is 0.475. The zero-order valence-corrected chi connectivity index (χ0v) is 13.3. The molecule has 0 saturated heterocycles. The molecule has 114 valence electrons. The van der Waals surface area contributed by atoms with Gasteiger partial charge >= 0.3 is 0 Å². The summed E-state index contributed by atoms with van der Waals surface area (Å²) in [7, 11) is 0. The van der Waals surface area contributed by atoms with Gasteiger partial charge in [-0.2, -0.15) is 5.10 Å². The van der Waals surface area contributed by atoms with Gasteiger partial charge in [0.05, 0.1) is 11.7 Å². The Bertz CT molecular complexity index is 846. The molecule has 8 heteroatoms. The molecule has 3 aromatic heterocycles. The van der Waals surface area contributed by atoms with Crippen molar-refractivity contribution in [3.8, 4) is 0 Å². The second-order valence-corrected chi connectivity index (χ2v) is 6.69. The number of nitrogens with two attached hydrogens (primary N) is 1. The third-order valence-corrected chi connectivity index (χ3v) is 5.08. The fourth-order valence-corrected chi connectivity index (χ4v) is 3.87. The number of hydrogen-bond donors (Lipinski definition) is 2. The highest BCUT2D eigenvalue weighted by atomic mass is 32.2. The summed E-state index contributed by atoms with van der Waals surface area (Å²) in [5, 5.41) is 15.4. The van der Waals surface area contributed by atoms with Gasteiger partial charge in [-0.05, 0) is 32.8 Å². The monoisotopic (exact) mass is 315 g/mol. The fraction of sp³-hybridized carbons (Fsp3) is 0.429. The van der Waals surface area contributed by atoms with E-state index < -0.39 is 0 Å². The molecule has 0 bridgehead atoms. The van der Waals surface area contributed by atoms with Gasteiger partial charge in [0.2, 0.25) is 0 Å². The highest BCUT2D eigenvalue weighted by molar-refractivity contribution is 7.98. The molecule has 4 rings (SSSR count). The van der Waals surface area contributed by atoms with Gasteiger partial charge in [0.25, 0.3) is 0 Å². The van der Waals surface area contributed by atoms with Gasteiger partial charge < -0.3 is 5.73 Å². The van der Waals surface area contributed by atoms with Crippen molar-refractivity contribution in [3.05, 3.63) is 23.0 Å². The molecule has 3 N–H and O–H groups in total. The van der Waals surface area contributed by atoms with Crippen LogP contribution in [0.25, 0.3) is 11.2 Å². The first kappa shape index (κ1) is 13.6. The minimum atomic E-state index is 0.475. The topological polar surface area (TPSA) is 98.3 Å². The molecule has 1 aliphatic carbocycles. The maximum atomic E-state index is 5.85. The van der Waals surface area contributed by atoms with Crippen molar-refractivity contribution in [1.29, 1.82) is 0 Å². The molecule has 0 aliphatic heterocycles. The number of aryl methyl sites for hydroxylation is 1. The van der Waals surface area contributed by atoms with E-state index in [4.69, 9.17) is 5.73 Å². The SMILES string of the molecule is Cc1nn(C2CC2)c(C)c1CSc1cc(N)nc2[nH]nnc12. The van der Waals surface area contributed by atoms with Gasteiger partial charge in [-0.15, -0.1) is 16.9 Å². The van der Waals surface area contributed by atoms with Crippen molar-refractivity contribution in [3.63, 3.8) is 0 Å². The third-order valence-electron chi connectivity index (χ3n) is 4.02. The molecular weight excluding hydrogens is 298 g/mol. The summed E-state index contributed by atoms with van der Waals surface area (Å²) >= 11 is 1.70. The van der Waals surface area contributed by atoms with Crippen LogP contribution in [-0.2, 0) is 5.75 Å². The van der Waals surface area contributed by atoms with Crippen LogP contribution in [0.4, 0.5) is 5.82 Å². The molecule has 22 heavy (non-hydrogen) atoms. The van der Waals surface area contributed by atoms with E-state index in [9.17, 15) is 0 Å². The highest BCUT2D eigenvalue weighted by Crippen LogP contribution is 2.38. The van der Waals surface area contributed by atoms with E-state index >= 15 is 0 Å². The molecule has 1 fully saturated rings. The van der Waals surface area contributed by atoms with Gasteiger partial charge in [-0.1, -0.05) is 5.21 Å². The molecule has 0 radical (unpaired) electrons. The van der Waals surface area contributed by atoms with Crippen molar-refractivity contribution >= 4 is 28.7 Å². The van der Waals surface area contributed by atoms with Crippen LogP contribution in [0.5, 0.6) is 0 Å². The quantitative estimate of drug-likeness (QED) is 0.717. The number of rotatable bonds is 4. The van der Waals surface area contributed by atoms with Crippen molar-refractivity contribution in [2.45, 2.75) is 43.4 Å². The molecule has 0 aromatic carbocycles. The first-order valence-corrected chi connectivity index (χ1v) is 8.26. The van der Waals surface area contributed by atoms with Gasteiger partial charge in [0.15, 0.2) is 5.65 Å². The fourth-order valence-electron chi connectivity index (χ4n) is 2.67. The molecule has 0 atom stereocenters. The first-order valence-electron chi connectivity index (χ1n) is 7.28. The molecule has 0 unspecified atom stereocenters. The number of anilines is 1. The van der Waals surface area contributed by atoms with Crippen LogP contribution >= 0.6 is 11.8 Å². The number of fused-ring (bicyclic) bond motifs is 1. The second kappa shape index (κ2) is 4.98. The van der Waals surface area contributed by atoms with E-state index in [-0.39, 0.29) is 0 Å². The lowest BCUT2D eigenvalue weighted by Crippen LogP contribution is -1.99. The Morgan fingerprint density at radius 1 is 1.41 bits per heavy atom. The van der Waals surface area contributed by atoms with E-state index in [1.165, 1.54) is 24.1 Å². The number of nitrogens with zero attached hydrogens (tertiary/aromatic N) is 5. The number of aromatic amines is 1. The van der Waals surface area contributed by atoms with Crippen LogP contribution in [0.2, 0.25) is 0 Å². The van der Waals surface area contributed by atoms with Crippen LogP contribution in [0.1, 0.15) is 35.8 Å². The predicted molar refractivity (Wildman–Crippen MR) is 85.6 cm³/mol. The van der Waals surface area contributed by atoms with E-state index in [2.05, 4.69) is 44.0 Å². The highest BCUT2D eigenvalue weighted by Gasteiger charge is 2.27. The maximum absolute atomic E-state index is 5.85. The van der Waals surface area contributed by atoms with Crippen LogP contribution in [0, 0.1) is 13.8 Å². The van der Waals surface area contributed by atoms with Crippen molar-refractivity contribution in [2.24, 2.45) is 0 Å². The Morgan fingerprint density at radius 3 is 3.00 bits per heavy atom. The third kappa shape index (κ3) is 2.23. The number of hydrogen-bond acceptors (Lipinski definition) is 6. The number of pyridine rings is 1. The van der Waals surface area contributed by atoms with Crippen molar-refractivity contribution < 1.29 is 0 Å². The number of H-pyrrole nitrogens is 1. The summed E-state index contributed by atoms with van der Waals surface area (Å²) in [6.07, 6.45) is 2.49. The minimum Gasteiger partial charge on any atom is -0.384 e. The normalized spacial score (nSPS) is 14.8. The Labute approximate surface area is 131 Å². The molecule has 0 amide bonds. The number of aromatic nitrogens is 6. The lowest BCUT2D eigenvalue weighted by molar-refractivity contribution is 0.616. The van der Waals surface area contributed by atoms with Crippen LogP contribution in [-0.4, -0.2) is 30.2 Å². The van der Waals surface area contributed by atoms with Gasteiger partial charge in [0.1, 0.15) is 11.3 Å². The average Bonchev–Trinajstić information content (AvgIpc) is 3.15. The Kier molecular flexibility index (Phi) is 3.07. The molecule has 7 nitrogen and oxygen atoms in total. The largest absolute Gasteiger partial charge is 0.384 e. The maximum Gasteiger partial charge on any atom is 0.179 e. The van der Waals surface area contributed by atoms with Crippen molar-refractivity contribution in [1.82, 2.24) is 30.2 Å². The predicted octanol–water partition coefficient (Wildman–Crippen LogP) is 2.38. The molecule has 0 spiro atoms. The lowest BCUT2D eigenvalue weighted by atomic mass is 10.2. The summed E-state index contributed by atoms with van der Waals surface area (Å²) in [5.41, 5.74) is 10.9. The molecule has 1 saturated carbocycles. The number of nitrogen functional groups attached to an aromatic ring is 1. The van der Waals surface area contributed by atoms with Crippen LogP contribution in [0.3, 0.4) is 0 Å². The first-order chi connectivity index (χ1) is 10.6. The van der Waals surface area contributed by atoms with Gasteiger partial charge in [0, 0.05) is 21.9 Å². The number of nitrogens with one attached hydrogen (secondary N) is 1. The molecule has 1 aliphatic rings. The van der Waals surface area contributed by atoms with E-state index in [1.807, 2.05) is 6.07 Å². The van der Waals surface area contributed by atoms with Crippen LogP contribution in [0.15, 0.2) is 11.0 Å². The summed E-state index contributed by atoms with van der Waals surface area (Å²) in [6.45, 7) is 4.23. The van der Waals surface area contributed by atoms with E-state index in [0.717, 1.165) is 21.9 Å². The summed E-state index contributed by atoms with van der Waals surface area (Å²) in [5.74, 6) is 1.32. The van der Waals surface area contributed by atoms with Crippen LogP contribution < -0.4 is 5.73 Å². The Hall–Kier alpha value is -2.09. The zero-order valence-electron chi connectivity index (χ0n) is 12.5. The van der Waals surface area contributed by atoms with Gasteiger partial charge in [-0.3, -0.25) is 4.68 Å². The zero-order chi connectivity index (χ0) is 15.3. The Balaban J connectivity index is 1.63. The average molecular weight is 315 g/mol. The Morgan fingerprint density at radius 2 is 2.23 bits per heavy atom. The summed E-state index contributed by atoms with van der Waals surface area (Å²) in [4.78, 5) is 5.18. The van der Waals surface area contributed by atoms with Crippen molar-refractivity contribution in [2.75, 3.05) is 5.73 Å². The lowest BCUT2D eigenvalue weighted by Gasteiger charge is -2.05. The molecule has 3 aromatic rings. The summed E-state index contributed by atoms with van der Waals surface area (Å²) < 4.78 is 2.18. The molecule has 3 heterocycles.